The van der Waals surface area contributed by atoms with E-state index in [-0.39, 0.29) is 24.7 Å². The molecule has 1 aromatic carbocycles. The van der Waals surface area contributed by atoms with E-state index in [1.165, 1.54) is 26.2 Å². The van der Waals surface area contributed by atoms with Gasteiger partial charge in [0.05, 0.1) is 18.1 Å². The molecule has 0 bridgehead atoms. The van der Waals surface area contributed by atoms with E-state index in [0.717, 1.165) is 12.1 Å². The number of aliphatic hydroxyl groups excluding tert-OH is 1. The number of benzene rings is 1. The van der Waals surface area contributed by atoms with Gasteiger partial charge < -0.3 is 28.8 Å². The molecule has 1 rings (SSSR count). The highest BCUT2D eigenvalue weighted by molar-refractivity contribution is 5.71. The molecule has 0 aliphatic rings. The summed E-state index contributed by atoms with van der Waals surface area (Å²) in [6.45, 7) is 0.768. The summed E-state index contributed by atoms with van der Waals surface area (Å²) in [6, 6.07) is 4.74. The maximum absolute atomic E-state index is 11.6. The van der Waals surface area contributed by atoms with Gasteiger partial charge in [0, 0.05) is 26.2 Å². The Bertz CT molecular complexity index is 603. The van der Waals surface area contributed by atoms with Gasteiger partial charge in [-0.3, -0.25) is 10.1 Å². The zero-order valence-electron chi connectivity index (χ0n) is 14.2. The lowest BCUT2D eigenvalue weighted by atomic mass is 10.3. The lowest BCUT2D eigenvalue weighted by molar-refractivity contribution is -0.384. The first kappa shape index (κ1) is 21.3. The van der Waals surface area contributed by atoms with Gasteiger partial charge in [-0.05, 0) is 12.1 Å². The molecule has 0 aliphatic heterocycles. The summed E-state index contributed by atoms with van der Waals surface area (Å²) in [5.41, 5.74) is -0.163. The second kappa shape index (κ2) is 11.0. The molecule has 1 N–H and O–H groups in total. The highest BCUT2D eigenvalue weighted by Gasteiger charge is 2.17. The van der Waals surface area contributed by atoms with Crippen LogP contribution in [0.25, 0.3) is 0 Å². The minimum Gasteiger partial charge on any atom is -0.424 e. The molecule has 0 saturated carbocycles. The highest BCUT2D eigenvalue weighted by Crippen LogP contribution is 2.17. The third-order valence-corrected chi connectivity index (χ3v) is 2.70. The molecule has 1 unspecified atom stereocenters. The molecule has 26 heavy (non-hydrogen) atoms. The standard InChI is InChI=1S/C15H19NO10/c1-10(24-14(18)9-23-8-12(17)7-22-2)25-15(19)26-13-5-3-11(4-6-13)16(20)21/h3-6,10,12,17H,7-9H2,1-2H3/t10?,12-/m1/s1. The summed E-state index contributed by atoms with van der Waals surface area (Å²) >= 11 is 0. The molecular formula is C15H19NO10. The molecular weight excluding hydrogens is 354 g/mol. The van der Waals surface area contributed by atoms with E-state index in [1.54, 1.807) is 0 Å². The summed E-state index contributed by atoms with van der Waals surface area (Å²) in [7, 11) is 1.41. The fraction of sp³-hybridized carbons (Fsp3) is 0.467. The Morgan fingerprint density at radius 1 is 1.19 bits per heavy atom. The number of nitro groups is 1. The molecule has 0 aromatic heterocycles. The number of carbonyl (C=O) groups excluding carboxylic acids is 2. The van der Waals surface area contributed by atoms with Crippen molar-refractivity contribution in [2.45, 2.75) is 19.3 Å². The van der Waals surface area contributed by atoms with Crippen molar-refractivity contribution in [3.8, 4) is 5.75 Å². The number of ether oxygens (including phenoxy) is 5. The van der Waals surface area contributed by atoms with Gasteiger partial charge in [0.25, 0.3) is 5.69 Å². The van der Waals surface area contributed by atoms with Crippen molar-refractivity contribution >= 4 is 17.8 Å². The van der Waals surface area contributed by atoms with Crippen LogP contribution in [0.15, 0.2) is 24.3 Å². The van der Waals surface area contributed by atoms with Gasteiger partial charge in [-0.15, -0.1) is 0 Å². The molecule has 0 spiro atoms. The number of nitro benzene ring substituents is 1. The van der Waals surface area contributed by atoms with Crippen LogP contribution < -0.4 is 4.74 Å². The summed E-state index contributed by atoms with van der Waals surface area (Å²) in [6.07, 6.45) is -3.28. The number of aliphatic hydroxyl groups is 1. The number of hydrogen-bond donors (Lipinski definition) is 1. The maximum atomic E-state index is 11.6. The first-order chi connectivity index (χ1) is 12.3. The normalized spacial score (nSPS) is 12.7. The van der Waals surface area contributed by atoms with E-state index < -0.39 is 36.0 Å². The molecule has 0 radical (unpaired) electrons. The van der Waals surface area contributed by atoms with Gasteiger partial charge in [-0.1, -0.05) is 0 Å². The number of non-ortho nitro benzene ring substituents is 1. The Kier molecular flexibility index (Phi) is 8.98. The zero-order valence-corrected chi connectivity index (χ0v) is 14.2. The van der Waals surface area contributed by atoms with E-state index in [0.29, 0.717) is 0 Å². The number of carbonyl (C=O) groups is 2. The van der Waals surface area contributed by atoms with Crippen molar-refractivity contribution in [1.29, 1.82) is 0 Å². The average molecular weight is 373 g/mol. The monoisotopic (exact) mass is 373 g/mol. The molecule has 0 fully saturated rings. The van der Waals surface area contributed by atoms with Gasteiger partial charge in [-0.25, -0.2) is 9.59 Å². The predicted molar refractivity (Wildman–Crippen MR) is 84.5 cm³/mol. The van der Waals surface area contributed by atoms with Crippen LogP contribution in [-0.4, -0.2) is 61.5 Å². The lowest BCUT2D eigenvalue weighted by Crippen LogP contribution is -2.27. The summed E-state index contributed by atoms with van der Waals surface area (Å²) in [5, 5.41) is 19.8. The van der Waals surface area contributed by atoms with Gasteiger partial charge in [-0.2, -0.15) is 0 Å². The van der Waals surface area contributed by atoms with Gasteiger partial charge in [0.1, 0.15) is 18.5 Å². The largest absolute Gasteiger partial charge is 0.516 e. The van der Waals surface area contributed by atoms with Crippen LogP contribution in [0.5, 0.6) is 5.75 Å². The van der Waals surface area contributed by atoms with Crippen LogP contribution in [0.2, 0.25) is 0 Å². The van der Waals surface area contributed by atoms with Crippen LogP contribution in [0, 0.1) is 10.1 Å². The van der Waals surface area contributed by atoms with E-state index >= 15 is 0 Å². The van der Waals surface area contributed by atoms with Crippen LogP contribution in [0.3, 0.4) is 0 Å². The summed E-state index contributed by atoms with van der Waals surface area (Å²) in [4.78, 5) is 33.0. The molecule has 0 amide bonds. The van der Waals surface area contributed by atoms with Crippen LogP contribution in [-0.2, 0) is 23.7 Å². The second-order valence-electron chi connectivity index (χ2n) is 4.90. The number of methoxy groups -OCH3 is 1. The fourth-order valence-electron chi connectivity index (χ4n) is 1.65. The van der Waals surface area contributed by atoms with Crippen molar-refractivity contribution in [1.82, 2.24) is 0 Å². The Balaban J connectivity index is 2.30. The van der Waals surface area contributed by atoms with Crippen molar-refractivity contribution in [2.75, 3.05) is 26.9 Å². The highest BCUT2D eigenvalue weighted by atomic mass is 16.8. The predicted octanol–water partition coefficient (Wildman–Crippen LogP) is 1.02. The Morgan fingerprint density at radius 3 is 2.42 bits per heavy atom. The van der Waals surface area contributed by atoms with Gasteiger partial charge >= 0.3 is 12.1 Å². The first-order valence-electron chi connectivity index (χ1n) is 7.39. The Morgan fingerprint density at radius 2 is 1.85 bits per heavy atom. The van der Waals surface area contributed by atoms with Crippen molar-refractivity contribution in [2.24, 2.45) is 0 Å². The average Bonchev–Trinajstić information content (AvgIpc) is 2.55. The van der Waals surface area contributed by atoms with Crippen LogP contribution in [0.4, 0.5) is 10.5 Å². The molecule has 0 saturated heterocycles. The SMILES string of the molecule is COC[C@@H](O)COCC(=O)OC(C)OC(=O)Oc1ccc([N+](=O)[O-])cc1. The molecule has 1 aromatic rings. The summed E-state index contributed by atoms with van der Waals surface area (Å²) < 4.78 is 23.9. The van der Waals surface area contributed by atoms with Gasteiger partial charge in [0.15, 0.2) is 0 Å². The van der Waals surface area contributed by atoms with E-state index in [2.05, 4.69) is 4.74 Å². The topological polar surface area (TPSA) is 144 Å². The van der Waals surface area contributed by atoms with E-state index in [1.807, 2.05) is 0 Å². The maximum Gasteiger partial charge on any atom is 0.516 e. The minimum absolute atomic E-state index is 0.0228. The molecule has 0 heterocycles. The van der Waals surface area contributed by atoms with Crippen molar-refractivity contribution < 1.29 is 43.3 Å². The fourth-order valence-corrected chi connectivity index (χ4v) is 1.65. The first-order valence-corrected chi connectivity index (χ1v) is 7.39. The third-order valence-electron chi connectivity index (χ3n) is 2.70. The van der Waals surface area contributed by atoms with Crippen molar-refractivity contribution in [3.05, 3.63) is 34.4 Å². The van der Waals surface area contributed by atoms with E-state index in [4.69, 9.17) is 18.9 Å². The lowest BCUT2D eigenvalue weighted by Gasteiger charge is -2.14. The Labute approximate surface area is 148 Å². The Hall–Kier alpha value is -2.76. The number of nitrogens with zero attached hydrogens (tertiary/aromatic N) is 1. The number of rotatable bonds is 10. The second-order valence-corrected chi connectivity index (χ2v) is 4.90. The quantitative estimate of drug-likeness (QED) is 0.207. The smallest absolute Gasteiger partial charge is 0.424 e. The molecule has 11 heteroatoms. The van der Waals surface area contributed by atoms with Crippen molar-refractivity contribution in [3.63, 3.8) is 0 Å². The number of esters is 1. The third kappa shape index (κ3) is 8.37. The van der Waals surface area contributed by atoms with Crippen LogP contribution >= 0.6 is 0 Å². The molecule has 0 aliphatic carbocycles. The van der Waals surface area contributed by atoms with Crippen LogP contribution in [0.1, 0.15) is 6.92 Å². The molecule has 2 atom stereocenters. The summed E-state index contributed by atoms with van der Waals surface area (Å²) in [5.74, 6) is -0.792. The van der Waals surface area contributed by atoms with E-state index in [9.17, 15) is 24.8 Å². The minimum atomic E-state index is -1.25. The molecule has 144 valence electrons. The molecule has 11 nitrogen and oxygen atoms in total. The zero-order chi connectivity index (χ0) is 19.5. The van der Waals surface area contributed by atoms with Gasteiger partial charge in [0.2, 0.25) is 6.29 Å². The number of hydrogen-bond acceptors (Lipinski definition) is 10.